The Morgan fingerprint density at radius 2 is 1.72 bits per heavy atom. The molecule has 0 unspecified atom stereocenters. The van der Waals surface area contributed by atoms with E-state index in [1.54, 1.807) is 38.2 Å². The molecular weight excluding hydrogens is 406 g/mol. The van der Waals surface area contributed by atoms with Crippen molar-refractivity contribution >= 4 is 17.8 Å². The average Bonchev–Trinajstić information content (AvgIpc) is 2.80. The Morgan fingerprint density at radius 3 is 2.38 bits per heavy atom. The van der Waals surface area contributed by atoms with Crippen molar-refractivity contribution < 1.29 is 9.59 Å². The third-order valence-corrected chi connectivity index (χ3v) is 5.31. The van der Waals surface area contributed by atoms with Gasteiger partial charge in [0.05, 0.1) is 0 Å². The number of benzene rings is 1. The minimum absolute atomic E-state index is 0.125. The minimum atomic E-state index is -0.288. The summed E-state index contributed by atoms with van der Waals surface area (Å²) in [4.78, 5) is 45.4. The lowest BCUT2D eigenvalue weighted by Crippen LogP contribution is -2.47. The number of anilines is 1. The van der Waals surface area contributed by atoms with Gasteiger partial charge in [0.2, 0.25) is 11.9 Å². The molecule has 1 aliphatic rings. The lowest BCUT2D eigenvalue weighted by atomic mass is 10.1. The molecule has 2 aromatic heterocycles. The van der Waals surface area contributed by atoms with Crippen LogP contribution in [0.5, 0.6) is 0 Å². The van der Waals surface area contributed by atoms with E-state index in [0.717, 1.165) is 38.3 Å². The van der Waals surface area contributed by atoms with Crippen molar-refractivity contribution in [3.63, 3.8) is 0 Å². The topological polar surface area (TPSA) is 104 Å². The van der Waals surface area contributed by atoms with Gasteiger partial charge in [-0.2, -0.15) is 9.97 Å². The number of carbonyl (C=O) groups excluding carboxylic acids is 2. The van der Waals surface area contributed by atoms with Crippen LogP contribution in [0.1, 0.15) is 28.7 Å². The predicted molar refractivity (Wildman–Crippen MR) is 120 cm³/mol. The van der Waals surface area contributed by atoms with Gasteiger partial charge in [0.1, 0.15) is 11.5 Å². The molecule has 3 aromatic rings. The normalized spacial score (nSPS) is 14.2. The molecule has 0 atom stereocenters. The number of amides is 2. The van der Waals surface area contributed by atoms with E-state index in [4.69, 9.17) is 0 Å². The molecule has 0 saturated carbocycles. The Bertz CT molecular complexity index is 1100. The van der Waals surface area contributed by atoms with E-state index in [2.05, 4.69) is 30.2 Å². The Balaban J connectivity index is 1.38. The predicted octanol–water partition coefficient (Wildman–Crippen LogP) is 2.16. The zero-order valence-electron chi connectivity index (χ0n) is 18.2. The van der Waals surface area contributed by atoms with Crippen LogP contribution >= 0.6 is 0 Å². The molecule has 32 heavy (non-hydrogen) atoms. The van der Waals surface area contributed by atoms with Crippen molar-refractivity contribution in [2.24, 2.45) is 0 Å². The first kappa shape index (κ1) is 21.5. The van der Waals surface area contributed by atoms with Crippen molar-refractivity contribution in [2.45, 2.75) is 20.4 Å². The number of hydrogen-bond donors (Lipinski definition) is 1. The fourth-order valence-electron chi connectivity index (χ4n) is 3.56. The largest absolute Gasteiger partial charge is 0.340 e. The molecule has 4 rings (SSSR count). The van der Waals surface area contributed by atoms with E-state index in [-0.39, 0.29) is 17.8 Å². The maximum atomic E-state index is 12.7. The number of hydrogen-bond acceptors (Lipinski definition) is 7. The second-order valence-corrected chi connectivity index (χ2v) is 7.68. The fourth-order valence-corrected chi connectivity index (χ4v) is 3.56. The smallest absolute Gasteiger partial charge is 0.258 e. The van der Waals surface area contributed by atoms with Crippen LogP contribution in [0, 0.1) is 6.92 Å². The highest BCUT2D eigenvalue weighted by atomic mass is 16.2. The quantitative estimate of drug-likeness (QED) is 0.660. The molecule has 0 bridgehead atoms. The SMILES string of the molecule is CC(=O)N1CCN(Cc2ccc(C(=O)Nc3nc(C)nc(-c4ccccn4)n3)cc2)CC1. The second-order valence-electron chi connectivity index (χ2n) is 7.68. The first-order valence-electron chi connectivity index (χ1n) is 10.5. The number of aryl methyl sites for hydroxylation is 1. The van der Waals surface area contributed by atoms with Crippen LogP contribution in [0.2, 0.25) is 0 Å². The zero-order chi connectivity index (χ0) is 22.5. The van der Waals surface area contributed by atoms with E-state index in [0.29, 0.717) is 22.9 Å². The van der Waals surface area contributed by atoms with Crippen molar-refractivity contribution in [2.75, 3.05) is 31.5 Å². The van der Waals surface area contributed by atoms with Crippen molar-refractivity contribution in [1.29, 1.82) is 0 Å². The Kier molecular flexibility index (Phi) is 6.46. The molecule has 9 heteroatoms. The number of rotatable bonds is 5. The van der Waals surface area contributed by atoms with Crippen LogP contribution in [-0.4, -0.2) is 67.7 Å². The number of aromatic nitrogens is 4. The lowest BCUT2D eigenvalue weighted by molar-refractivity contribution is -0.130. The van der Waals surface area contributed by atoms with E-state index in [1.165, 1.54) is 0 Å². The monoisotopic (exact) mass is 431 g/mol. The van der Waals surface area contributed by atoms with Gasteiger partial charge < -0.3 is 4.90 Å². The molecule has 1 aliphatic heterocycles. The highest BCUT2D eigenvalue weighted by molar-refractivity contribution is 6.03. The van der Waals surface area contributed by atoms with Crippen LogP contribution in [0.3, 0.4) is 0 Å². The number of piperazine rings is 1. The molecule has 1 saturated heterocycles. The minimum Gasteiger partial charge on any atom is -0.340 e. The van der Waals surface area contributed by atoms with Crippen LogP contribution in [0.15, 0.2) is 48.7 Å². The summed E-state index contributed by atoms with van der Waals surface area (Å²) < 4.78 is 0. The summed E-state index contributed by atoms with van der Waals surface area (Å²) in [5.74, 6) is 0.935. The van der Waals surface area contributed by atoms with Crippen molar-refractivity contribution in [3.05, 3.63) is 65.6 Å². The first-order chi connectivity index (χ1) is 15.5. The third-order valence-electron chi connectivity index (χ3n) is 5.31. The molecule has 2 amide bonds. The summed E-state index contributed by atoms with van der Waals surface area (Å²) in [5.41, 5.74) is 2.25. The highest BCUT2D eigenvalue weighted by Crippen LogP contribution is 2.15. The van der Waals surface area contributed by atoms with Gasteiger partial charge in [0, 0.05) is 51.4 Å². The number of nitrogens with zero attached hydrogens (tertiary/aromatic N) is 6. The van der Waals surface area contributed by atoms with Crippen LogP contribution < -0.4 is 5.32 Å². The molecule has 9 nitrogen and oxygen atoms in total. The molecule has 1 aromatic carbocycles. The van der Waals surface area contributed by atoms with E-state index in [9.17, 15) is 9.59 Å². The number of pyridine rings is 1. The highest BCUT2D eigenvalue weighted by Gasteiger charge is 2.18. The second kappa shape index (κ2) is 9.61. The Labute approximate surface area is 186 Å². The summed E-state index contributed by atoms with van der Waals surface area (Å²) >= 11 is 0. The van der Waals surface area contributed by atoms with Gasteiger partial charge in [0.15, 0.2) is 5.82 Å². The summed E-state index contributed by atoms with van der Waals surface area (Å²) in [5, 5.41) is 2.75. The molecule has 164 valence electrons. The van der Waals surface area contributed by atoms with E-state index < -0.39 is 0 Å². The molecular formula is C23H25N7O2. The van der Waals surface area contributed by atoms with Crippen LogP contribution in [0.4, 0.5) is 5.95 Å². The van der Waals surface area contributed by atoms with Gasteiger partial charge >= 0.3 is 0 Å². The average molecular weight is 432 g/mol. The summed E-state index contributed by atoms with van der Waals surface area (Å²) in [6.45, 7) is 7.33. The summed E-state index contributed by atoms with van der Waals surface area (Å²) in [7, 11) is 0. The van der Waals surface area contributed by atoms with E-state index in [1.807, 2.05) is 29.2 Å². The van der Waals surface area contributed by atoms with Gasteiger partial charge in [0.25, 0.3) is 5.91 Å². The van der Waals surface area contributed by atoms with Gasteiger partial charge in [-0.3, -0.25) is 24.8 Å². The van der Waals surface area contributed by atoms with Gasteiger partial charge in [-0.1, -0.05) is 18.2 Å². The summed E-state index contributed by atoms with van der Waals surface area (Å²) in [6.07, 6.45) is 1.66. The fraction of sp³-hybridized carbons (Fsp3) is 0.304. The number of nitrogens with one attached hydrogen (secondary N) is 1. The molecule has 0 aliphatic carbocycles. The molecule has 1 N–H and O–H groups in total. The van der Waals surface area contributed by atoms with E-state index >= 15 is 0 Å². The Hall–Kier alpha value is -3.72. The van der Waals surface area contributed by atoms with Gasteiger partial charge in [-0.05, 0) is 36.8 Å². The van der Waals surface area contributed by atoms with Gasteiger partial charge in [-0.25, -0.2) is 4.98 Å². The summed E-state index contributed by atoms with van der Waals surface area (Å²) in [6, 6.07) is 13.0. The zero-order valence-corrected chi connectivity index (χ0v) is 18.2. The molecule has 1 fully saturated rings. The lowest BCUT2D eigenvalue weighted by Gasteiger charge is -2.34. The maximum absolute atomic E-state index is 12.7. The first-order valence-corrected chi connectivity index (χ1v) is 10.5. The van der Waals surface area contributed by atoms with Crippen LogP contribution in [-0.2, 0) is 11.3 Å². The molecule has 3 heterocycles. The molecule has 0 spiro atoms. The Morgan fingerprint density at radius 1 is 0.969 bits per heavy atom. The standard InChI is InChI=1S/C23H25N7O2/c1-16-25-21(20-5-3-4-10-24-20)27-23(26-16)28-22(32)19-8-6-18(7-9-19)15-29-11-13-30(14-12-29)17(2)31/h3-10H,11-15H2,1-2H3,(H,25,26,27,28,32). The van der Waals surface area contributed by atoms with Crippen molar-refractivity contribution in [1.82, 2.24) is 29.7 Å². The van der Waals surface area contributed by atoms with Gasteiger partial charge in [-0.15, -0.1) is 0 Å². The van der Waals surface area contributed by atoms with Crippen molar-refractivity contribution in [3.8, 4) is 11.5 Å². The number of carbonyl (C=O) groups is 2. The van der Waals surface area contributed by atoms with Crippen LogP contribution in [0.25, 0.3) is 11.5 Å². The maximum Gasteiger partial charge on any atom is 0.258 e. The molecule has 0 radical (unpaired) electrons. The third kappa shape index (κ3) is 5.30.